The monoisotopic (exact) mass is 309 g/mol. The van der Waals surface area contributed by atoms with Gasteiger partial charge in [0.05, 0.1) is 19.1 Å². The average molecular weight is 309 g/mol. The molecule has 0 aliphatic rings. The van der Waals surface area contributed by atoms with Gasteiger partial charge in [0.25, 0.3) is 0 Å². The molecule has 0 unspecified atom stereocenters. The van der Waals surface area contributed by atoms with E-state index in [4.69, 9.17) is 9.47 Å². The van der Waals surface area contributed by atoms with E-state index in [1.165, 1.54) is 20.3 Å². The Kier molecular flexibility index (Phi) is 6.48. The van der Waals surface area contributed by atoms with Crippen molar-refractivity contribution in [2.45, 2.75) is 23.7 Å². The van der Waals surface area contributed by atoms with Gasteiger partial charge in [-0.3, -0.25) is 0 Å². The molecule has 0 radical (unpaired) electrons. The predicted octanol–water partition coefficient (Wildman–Crippen LogP) is 3.47. The van der Waals surface area contributed by atoms with Crippen molar-refractivity contribution in [1.29, 1.82) is 0 Å². The zero-order chi connectivity index (χ0) is 15.2. The summed E-state index contributed by atoms with van der Waals surface area (Å²) >= 11 is -0.202. The van der Waals surface area contributed by atoms with Crippen LogP contribution in [0.2, 0.25) is 0 Å². The van der Waals surface area contributed by atoms with E-state index in [9.17, 15) is 13.2 Å². The van der Waals surface area contributed by atoms with Crippen LogP contribution in [0.5, 0.6) is 11.5 Å². The van der Waals surface area contributed by atoms with Gasteiger partial charge in [-0.1, -0.05) is 6.92 Å². The molecule has 0 fully saturated rings. The van der Waals surface area contributed by atoms with Gasteiger partial charge in [-0.05, 0) is 49.0 Å². The van der Waals surface area contributed by atoms with Gasteiger partial charge in [-0.25, -0.2) is 0 Å². The van der Waals surface area contributed by atoms with Crippen LogP contribution in [0.1, 0.15) is 12.5 Å². The quantitative estimate of drug-likeness (QED) is 0.617. The minimum Gasteiger partial charge on any atom is -0.496 e. The van der Waals surface area contributed by atoms with Gasteiger partial charge in [0.15, 0.2) is 0 Å². The first kappa shape index (κ1) is 17.0. The second kappa shape index (κ2) is 7.64. The summed E-state index contributed by atoms with van der Waals surface area (Å²) in [4.78, 5) is 0.00375. The predicted molar refractivity (Wildman–Crippen MR) is 73.7 cm³/mol. The number of methoxy groups -OCH3 is 2. The molecule has 1 aromatic carbocycles. The third-order valence-corrected chi connectivity index (χ3v) is 3.38. The van der Waals surface area contributed by atoms with E-state index in [2.05, 4.69) is 5.32 Å². The fourth-order valence-electron chi connectivity index (χ4n) is 1.73. The summed E-state index contributed by atoms with van der Waals surface area (Å²) in [5.41, 5.74) is -3.54. The van der Waals surface area contributed by atoms with Crippen molar-refractivity contribution in [2.24, 2.45) is 0 Å². The third-order valence-electron chi connectivity index (χ3n) is 2.61. The van der Waals surface area contributed by atoms with E-state index >= 15 is 0 Å². The Morgan fingerprint density at radius 2 is 1.80 bits per heavy atom. The molecule has 0 aromatic heterocycles. The Hall–Kier alpha value is -1.08. The zero-order valence-electron chi connectivity index (χ0n) is 11.6. The summed E-state index contributed by atoms with van der Waals surface area (Å²) in [6, 6.07) is 2.97. The highest BCUT2D eigenvalue weighted by Gasteiger charge is 2.31. The van der Waals surface area contributed by atoms with Crippen molar-refractivity contribution in [2.75, 3.05) is 27.3 Å². The number of hydrogen-bond acceptors (Lipinski definition) is 4. The molecule has 0 saturated heterocycles. The smallest absolute Gasteiger partial charge is 0.446 e. The van der Waals surface area contributed by atoms with Gasteiger partial charge in [0.1, 0.15) is 11.5 Å². The minimum atomic E-state index is -4.36. The second-order valence-corrected chi connectivity index (χ2v) is 5.07. The number of alkyl halides is 3. The van der Waals surface area contributed by atoms with Crippen LogP contribution in [0.4, 0.5) is 13.2 Å². The molecule has 1 rings (SSSR count). The maximum absolute atomic E-state index is 12.5. The first-order valence-electron chi connectivity index (χ1n) is 6.12. The number of ether oxygens (including phenoxy) is 2. The van der Waals surface area contributed by atoms with Crippen LogP contribution in [-0.2, 0) is 6.42 Å². The Labute approximate surface area is 120 Å². The summed E-state index contributed by atoms with van der Waals surface area (Å²) in [5.74, 6) is 0.648. The van der Waals surface area contributed by atoms with Gasteiger partial charge in [0.2, 0.25) is 0 Å². The van der Waals surface area contributed by atoms with Crippen LogP contribution in [0, 0.1) is 0 Å². The molecule has 1 N–H and O–H groups in total. The lowest BCUT2D eigenvalue weighted by atomic mass is 10.1. The summed E-state index contributed by atoms with van der Waals surface area (Å²) < 4.78 is 47.7. The highest BCUT2D eigenvalue weighted by Crippen LogP contribution is 2.44. The van der Waals surface area contributed by atoms with Crippen LogP contribution in [0.15, 0.2) is 17.0 Å². The molecule has 114 valence electrons. The molecule has 1 aromatic rings. The van der Waals surface area contributed by atoms with Gasteiger partial charge in [-0.2, -0.15) is 13.2 Å². The Balaban J connectivity index is 3.03. The topological polar surface area (TPSA) is 30.5 Å². The number of rotatable bonds is 7. The van der Waals surface area contributed by atoms with Crippen LogP contribution < -0.4 is 14.8 Å². The van der Waals surface area contributed by atoms with Crippen molar-refractivity contribution < 1.29 is 22.6 Å². The Morgan fingerprint density at radius 3 is 2.30 bits per heavy atom. The molecule has 0 amide bonds. The number of halogens is 3. The molecule has 20 heavy (non-hydrogen) atoms. The van der Waals surface area contributed by atoms with Gasteiger partial charge in [-0.15, -0.1) is 0 Å². The summed E-state index contributed by atoms with van der Waals surface area (Å²) in [5, 5.41) is 3.16. The highest BCUT2D eigenvalue weighted by molar-refractivity contribution is 8.00. The van der Waals surface area contributed by atoms with E-state index in [1.54, 1.807) is 6.07 Å². The average Bonchev–Trinajstić information content (AvgIpc) is 2.38. The number of likely N-dealkylation sites (N-methyl/N-ethyl adjacent to an activating group) is 1. The summed E-state index contributed by atoms with van der Waals surface area (Å²) in [6.07, 6.45) is 0.657. The SMILES string of the molecule is CCNCCc1cc(OC)c(SC(F)(F)F)cc1OC. The van der Waals surface area contributed by atoms with Crippen molar-refractivity contribution in [3.63, 3.8) is 0 Å². The molecule has 0 saturated carbocycles. The Morgan fingerprint density at radius 1 is 1.15 bits per heavy atom. The summed E-state index contributed by atoms with van der Waals surface area (Å²) in [7, 11) is 2.80. The van der Waals surface area contributed by atoms with Gasteiger partial charge >= 0.3 is 5.51 Å². The van der Waals surface area contributed by atoms with Crippen molar-refractivity contribution in [3.05, 3.63) is 17.7 Å². The number of hydrogen-bond donors (Lipinski definition) is 1. The van der Waals surface area contributed by atoms with Gasteiger partial charge < -0.3 is 14.8 Å². The first-order valence-corrected chi connectivity index (χ1v) is 6.94. The lowest BCUT2D eigenvalue weighted by molar-refractivity contribution is -0.0328. The maximum atomic E-state index is 12.5. The number of benzene rings is 1. The molecule has 0 aliphatic carbocycles. The number of nitrogens with one attached hydrogen (secondary N) is 1. The second-order valence-electron chi connectivity index (χ2n) is 3.97. The van der Waals surface area contributed by atoms with Crippen LogP contribution >= 0.6 is 11.8 Å². The third kappa shape index (κ3) is 5.13. The highest BCUT2D eigenvalue weighted by atomic mass is 32.2. The first-order chi connectivity index (χ1) is 9.41. The van der Waals surface area contributed by atoms with E-state index in [1.807, 2.05) is 6.92 Å². The zero-order valence-corrected chi connectivity index (χ0v) is 12.5. The van der Waals surface area contributed by atoms with Crippen molar-refractivity contribution in [3.8, 4) is 11.5 Å². The van der Waals surface area contributed by atoms with E-state index < -0.39 is 5.51 Å². The molecular formula is C13H18F3NO2S. The molecule has 3 nitrogen and oxygen atoms in total. The van der Waals surface area contributed by atoms with E-state index in [0.29, 0.717) is 12.2 Å². The molecule has 0 bridgehead atoms. The van der Waals surface area contributed by atoms with Crippen molar-refractivity contribution in [1.82, 2.24) is 5.32 Å². The lowest BCUT2D eigenvalue weighted by Gasteiger charge is -2.15. The molecule has 0 atom stereocenters. The largest absolute Gasteiger partial charge is 0.496 e. The van der Waals surface area contributed by atoms with E-state index in [-0.39, 0.29) is 22.4 Å². The molecule has 0 spiro atoms. The number of thioether (sulfide) groups is 1. The van der Waals surface area contributed by atoms with Crippen LogP contribution in [-0.4, -0.2) is 32.8 Å². The van der Waals surface area contributed by atoms with E-state index in [0.717, 1.165) is 18.7 Å². The molecular weight excluding hydrogens is 291 g/mol. The lowest BCUT2D eigenvalue weighted by Crippen LogP contribution is -2.16. The van der Waals surface area contributed by atoms with Gasteiger partial charge in [0, 0.05) is 0 Å². The molecule has 0 aliphatic heterocycles. The fraction of sp³-hybridized carbons (Fsp3) is 0.538. The minimum absolute atomic E-state index is 0.00375. The summed E-state index contributed by atoms with van der Waals surface area (Å²) in [6.45, 7) is 3.55. The van der Waals surface area contributed by atoms with Crippen molar-refractivity contribution >= 4 is 11.8 Å². The normalized spacial score (nSPS) is 11.5. The Bertz CT molecular complexity index is 438. The standard InChI is InChI=1S/C13H18F3NO2S/c1-4-17-6-5-9-7-11(19-3)12(8-10(9)18-2)20-13(14,15)16/h7-8,17H,4-6H2,1-3H3. The van der Waals surface area contributed by atoms with Crippen LogP contribution in [0.25, 0.3) is 0 Å². The molecule has 0 heterocycles. The molecule has 7 heteroatoms. The fourth-order valence-corrected chi connectivity index (χ4v) is 2.39. The maximum Gasteiger partial charge on any atom is 0.446 e. The van der Waals surface area contributed by atoms with Crippen LogP contribution in [0.3, 0.4) is 0 Å².